The zero-order valence-electron chi connectivity index (χ0n) is 13.3. The molecule has 1 aliphatic rings. The Labute approximate surface area is 149 Å². The molecule has 1 amide bonds. The number of nitrogens with one attached hydrogen (secondary N) is 1. The highest BCUT2D eigenvalue weighted by Gasteiger charge is 2.44. The summed E-state index contributed by atoms with van der Waals surface area (Å²) in [5.41, 5.74) is 1.61. The van der Waals surface area contributed by atoms with Crippen LogP contribution in [0.3, 0.4) is 0 Å². The van der Waals surface area contributed by atoms with Gasteiger partial charge in [-0.25, -0.2) is 4.39 Å². The summed E-state index contributed by atoms with van der Waals surface area (Å²) in [6.45, 7) is 0. The fourth-order valence-corrected chi connectivity index (χ4v) is 3.09. The molecule has 3 atom stereocenters. The Balaban J connectivity index is 1.67. The van der Waals surface area contributed by atoms with Gasteiger partial charge in [-0.1, -0.05) is 35.9 Å². The third-order valence-electron chi connectivity index (χ3n) is 4.39. The molecule has 2 N–H and O–H groups in total. The number of carboxylic acid groups (broad SMARTS) is 1. The van der Waals surface area contributed by atoms with Gasteiger partial charge in [0.25, 0.3) is 0 Å². The summed E-state index contributed by atoms with van der Waals surface area (Å²) < 4.78 is 13.0. The number of halogens is 2. The number of aliphatic carboxylic acids is 1. The van der Waals surface area contributed by atoms with Gasteiger partial charge < -0.3 is 10.4 Å². The highest BCUT2D eigenvalue weighted by molar-refractivity contribution is 6.30. The standard InChI is InChI=1S/C19H17ClFNO3/c20-13-5-1-12(2-6-13)17(10-18(23)24)22-19(25)16-9-15(16)11-3-7-14(21)8-4-11/h1-8,15-17H,9-10H2,(H,22,25)(H,23,24)/t15-,16-,17-/m0/s1. The molecule has 1 aliphatic carbocycles. The summed E-state index contributed by atoms with van der Waals surface area (Å²) >= 11 is 5.86. The van der Waals surface area contributed by atoms with Crippen molar-refractivity contribution in [1.82, 2.24) is 5.32 Å². The van der Waals surface area contributed by atoms with Crippen LogP contribution in [-0.4, -0.2) is 17.0 Å². The summed E-state index contributed by atoms with van der Waals surface area (Å²) in [5, 5.41) is 12.5. The minimum Gasteiger partial charge on any atom is -0.481 e. The minimum atomic E-state index is -0.994. The zero-order valence-corrected chi connectivity index (χ0v) is 14.0. The van der Waals surface area contributed by atoms with E-state index in [0.717, 1.165) is 5.56 Å². The second kappa shape index (κ2) is 7.23. The van der Waals surface area contributed by atoms with Gasteiger partial charge in [-0.2, -0.15) is 0 Å². The van der Waals surface area contributed by atoms with Crippen molar-refractivity contribution in [2.45, 2.75) is 24.8 Å². The van der Waals surface area contributed by atoms with Crippen LogP contribution in [0.25, 0.3) is 0 Å². The molecule has 0 aromatic heterocycles. The molecule has 0 heterocycles. The summed E-state index contributed by atoms with van der Waals surface area (Å²) in [7, 11) is 0. The first-order chi connectivity index (χ1) is 11.9. The van der Waals surface area contributed by atoms with Gasteiger partial charge in [0.05, 0.1) is 12.5 Å². The molecule has 130 valence electrons. The molecule has 1 fully saturated rings. The van der Waals surface area contributed by atoms with Crippen molar-refractivity contribution in [2.24, 2.45) is 5.92 Å². The van der Waals surface area contributed by atoms with Crippen LogP contribution in [0.15, 0.2) is 48.5 Å². The number of hydrogen-bond donors (Lipinski definition) is 2. The number of benzene rings is 2. The van der Waals surface area contributed by atoms with Crippen LogP contribution in [0, 0.1) is 11.7 Å². The lowest BCUT2D eigenvalue weighted by atomic mass is 10.0. The van der Waals surface area contributed by atoms with Crippen molar-refractivity contribution in [2.75, 3.05) is 0 Å². The quantitative estimate of drug-likeness (QED) is 0.819. The average molecular weight is 362 g/mol. The van der Waals surface area contributed by atoms with Crippen LogP contribution in [0.5, 0.6) is 0 Å². The van der Waals surface area contributed by atoms with Crippen LogP contribution in [0.1, 0.15) is 35.9 Å². The third kappa shape index (κ3) is 4.37. The number of hydrogen-bond acceptors (Lipinski definition) is 2. The zero-order chi connectivity index (χ0) is 18.0. The molecule has 4 nitrogen and oxygen atoms in total. The van der Waals surface area contributed by atoms with Gasteiger partial charge in [0.2, 0.25) is 5.91 Å². The van der Waals surface area contributed by atoms with Crippen molar-refractivity contribution in [1.29, 1.82) is 0 Å². The maximum atomic E-state index is 13.0. The number of amides is 1. The van der Waals surface area contributed by atoms with E-state index in [2.05, 4.69) is 5.32 Å². The topological polar surface area (TPSA) is 66.4 Å². The lowest BCUT2D eigenvalue weighted by Gasteiger charge is -2.17. The van der Waals surface area contributed by atoms with E-state index in [1.807, 2.05) is 0 Å². The normalized spacial score (nSPS) is 19.9. The van der Waals surface area contributed by atoms with E-state index in [4.69, 9.17) is 16.7 Å². The average Bonchev–Trinajstić information content (AvgIpc) is 3.36. The molecule has 2 aromatic carbocycles. The first kappa shape index (κ1) is 17.4. The van der Waals surface area contributed by atoms with E-state index in [9.17, 15) is 14.0 Å². The molecule has 1 saturated carbocycles. The fraction of sp³-hybridized carbons (Fsp3) is 0.263. The Morgan fingerprint density at radius 3 is 2.40 bits per heavy atom. The van der Waals surface area contributed by atoms with Gasteiger partial charge in [-0.05, 0) is 47.7 Å². The van der Waals surface area contributed by atoms with Gasteiger partial charge in [0.15, 0.2) is 0 Å². The van der Waals surface area contributed by atoms with E-state index in [1.54, 1.807) is 36.4 Å². The third-order valence-corrected chi connectivity index (χ3v) is 4.64. The molecule has 0 bridgehead atoms. The smallest absolute Gasteiger partial charge is 0.305 e. The number of carbonyl (C=O) groups excluding carboxylic acids is 1. The number of rotatable bonds is 6. The molecular weight excluding hydrogens is 345 g/mol. The fourth-order valence-electron chi connectivity index (χ4n) is 2.96. The highest BCUT2D eigenvalue weighted by atomic mass is 35.5. The second-order valence-electron chi connectivity index (χ2n) is 6.21. The summed E-state index contributed by atoms with van der Waals surface area (Å²) in [6, 6.07) is 12.3. The predicted octanol–water partition coefficient (Wildman–Crippen LogP) is 3.91. The molecule has 6 heteroatoms. The molecule has 3 rings (SSSR count). The lowest BCUT2D eigenvalue weighted by Crippen LogP contribution is -2.31. The van der Waals surface area contributed by atoms with Crippen molar-refractivity contribution in [3.63, 3.8) is 0 Å². The molecule has 25 heavy (non-hydrogen) atoms. The van der Waals surface area contributed by atoms with Gasteiger partial charge in [0.1, 0.15) is 5.82 Å². The molecule has 0 spiro atoms. The Kier molecular flexibility index (Phi) is 5.04. The first-order valence-electron chi connectivity index (χ1n) is 7.97. The largest absolute Gasteiger partial charge is 0.481 e. The van der Waals surface area contributed by atoms with Gasteiger partial charge in [-0.15, -0.1) is 0 Å². The SMILES string of the molecule is O=C(O)C[C@H](NC(=O)[C@H]1C[C@H]1c1ccc(F)cc1)c1ccc(Cl)cc1. The van der Waals surface area contributed by atoms with E-state index in [0.29, 0.717) is 17.0 Å². The Bertz CT molecular complexity index is 776. The van der Waals surface area contributed by atoms with Crippen molar-refractivity contribution < 1.29 is 19.1 Å². The maximum Gasteiger partial charge on any atom is 0.305 e. The van der Waals surface area contributed by atoms with Crippen LogP contribution in [0.4, 0.5) is 4.39 Å². The van der Waals surface area contributed by atoms with Crippen molar-refractivity contribution in [3.8, 4) is 0 Å². The van der Waals surface area contributed by atoms with Crippen molar-refractivity contribution >= 4 is 23.5 Å². The van der Waals surface area contributed by atoms with Gasteiger partial charge >= 0.3 is 5.97 Å². The van der Waals surface area contributed by atoms with Crippen LogP contribution >= 0.6 is 11.6 Å². The Morgan fingerprint density at radius 1 is 1.16 bits per heavy atom. The summed E-state index contributed by atoms with van der Waals surface area (Å²) in [6.07, 6.45) is 0.471. The Morgan fingerprint density at radius 2 is 1.80 bits per heavy atom. The lowest BCUT2D eigenvalue weighted by molar-refractivity contribution is -0.137. The van der Waals surface area contributed by atoms with E-state index >= 15 is 0 Å². The number of carbonyl (C=O) groups is 2. The van der Waals surface area contributed by atoms with Crippen LogP contribution in [0.2, 0.25) is 5.02 Å². The van der Waals surface area contributed by atoms with E-state index < -0.39 is 12.0 Å². The molecule has 0 unspecified atom stereocenters. The van der Waals surface area contributed by atoms with Crippen molar-refractivity contribution in [3.05, 3.63) is 70.5 Å². The number of carboxylic acids is 1. The highest BCUT2D eigenvalue weighted by Crippen LogP contribution is 2.47. The first-order valence-corrected chi connectivity index (χ1v) is 8.35. The summed E-state index contributed by atoms with van der Waals surface area (Å²) in [4.78, 5) is 23.6. The molecular formula is C19H17ClFNO3. The van der Waals surface area contributed by atoms with Gasteiger partial charge in [-0.3, -0.25) is 9.59 Å². The monoisotopic (exact) mass is 361 g/mol. The van der Waals surface area contributed by atoms with E-state index in [-0.39, 0.29) is 30.0 Å². The Hall–Kier alpha value is -2.40. The summed E-state index contributed by atoms with van der Waals surface area (Å²) in [5.74, 6) is -1.65. The maximum absolute atomic E-state index is 13.0. The second-order valence-corrected chi connectivity index (χ2v) is 6.65. The van der Waals surface area contributed by atoms with Crippen LogP contribution < -0.4 is 5.32 Å². The van der Waals surface area contributed by atoms with Crippen LogP contribution in [-0.2, 0) is 9.59 Å². The predicted molar refractivity (Wildman–Crippen MR) is 91.8 cm³/mol. The molecule has 0 radical (unpaired) electrons. The van der Waals surface area contributed by atoms with E-state index in [1.165, 1.54) is 12.1 Å². The minimum absolute atomic E-state index is 0.0521. The molecule has 0 aliphatic heterocycles. The van der Waals surface area contributed by atoms with Gasteiger partial charge in [0, 0.05) is 10.9 Å². The molecule has 0 saturated heterocycles. The molecule has 2 aromatic rings.